The second-order valence-corrected chi connectivity index (χ2v) is 6.37. The highest BCUT2D eigenvalue weighted by Gasteiger charge is 2.17. The van der Waals surface area contributed by atoms with Crippen LogP contribution in [0.5, 0.6) is 0 Å². The van der Waals surface area contributed by atoms with Gasteiger partial charge in [0.2, 0.25) is 0 Å². The van der Waals surface area contributed by atoms with Crippen molar-refractivity contribution in [3.05, 3.63) is 89.5 Å². The number of ketones is 1. The van der Waals surface area contributed by atoms with Crippen LogP contribution < -0.4 is 0 Å². The van der Waals surface area contributed by atoms with Gasteiger partial charge in [-0.3, -0.25) is 4.79 Å². The van der Waals surface area contributed by atoms with E-state index in [-0.39, 0.29) is 11.2 Å². The van der Waals surface area contributed by atoms with Gasteiger partial charge in [0.05, 0.1) is 0 Å². The minimum Gasteiger partial charge on any atom is -0.289 e. The van der Waals surface area contributed by atoms with Gasteiger partial charge in [0.15, 0.2) is 5.78 Å². The molecule has 0 atom stereocenters. The van der Waals surface area contributed by atoms with Crippen LogP contribution in [0, 0.1) is 5.41 Å². The van der Waals surface area contributed by atoms with Crippen LogP contribution in [0.1, 0.15) is 41.8 Å². The van der Waals surface area contributed by atoms with Gasteiger partial charge in [-0.25, -0.2) is 0 Å². The molecule has 22 heavy (non-hydrogen) atoms. The van der Waals surface area contributed by atoms with Crippen molar-refractivity contribution in [2.75, 3.05) is 0 Å². The number of carbonyl (C=O) groups is 1. The zero-order chi connectivity index (χ0) is 15.6. The van der Waals surface area contributed by atoms with Gasteiger partial charge in [-0.2, -0.15) is 0 Å². The third-order valence-corrected chi connectivity index (χ3v) is 3.96. The van der Waals surface area contributed by atoms with Crippen LogP contribution in [-0.4, -0.2) is 5.78 Å². The van der Waals surface area contributed by atoms with Gasteiger partial charge in [0.25, 0.3) is 0 Å². The molecule has 1 nitrogen and oxygen atoms in total. The number of hydrogen-bond acceptors (Lipinski definition) is 1. The molecule has 0 spiro atoms. The van der Waals surface area contributed by atoms with Gasteiger partial charge in [-0.1, -0.05) is 80.6 Å². The number of allylic oxidation sites excluding steroid dienone is 4. The first-order valence-corrected chi connectivity index (χ1v) is 7.65. The SMILES string of the molecule is CC1(C)C=CCC(c2cccc(C(=O)c3ccccc3)c2)=C1. The molecule has 0 radical (unpaired) electrons. The van der Waals surface area contributed by atoms with Crippen molar-refractivity contribution < 1.29 is 4.79 Å². The Labute approximate surface area is 132 Å². The fourth-order valence-corrected chi connectivity index (χ4v) is 2.86. The Kier molecular flexibility index (Phi) is 3.81. The molecule has 1 heteroatoms. The van der Waals surface area contributed by atoms with Crippen molar-refractivity contribution in [3.8, 4) is 0 Å². The van der Waals surface area contributed by atoms with E-state index in [0.717, 1.165) is 23.1 Å². The van der Waals surface area contributed by atoms with Crippen molar-refractivity contribution in [3.63, 3.8) is 0 Å². The molecule has 0 heterocycles. The molecule has 0 saturated carbocycles. The highest BCUT2D eigenvalue weighted by molar-refractivity contribution is 6.09. The fourth-order valence-electron chi connectivity index (χ4n) is 2.86. The molecule has 2 aromatic carbocycles. The van der Waals surface area contributed by atoms with Crippen LogP contribution in [-0.2, 0) is 0 Å². The summed E-state index contributed by atoms with van der Waals surface area (Å²) in [5.41, 5.74) is 3.98. The zero-order valence-corrected chi connectivity index (χ0v) is 13.0. The monoisotopic (exact) mass is 288 g/mol. The Balaban J connectivity index is 1.94. The first kappa shape index (κ1) is 14.5. The van der Waals surface area contributed by atoms with E-state index >= 15 is 0 Å². The van der Waals surface area contributed by atoms with E-state index in [1.165, 1.54) is 5.57 Å². The Bertz CT molecular complexity index is 748. The van der Waals surface area contributed by atoms with Crippen molar-refractivity contribution in [2.45, 2.75) is 20.3 Å². The number of carbonyl (C=O) groups excluding carboxylic acids is 1. The normalized spacial score (nSPS) is 16.2. The average molecular weight is 288 g/mol. The standard InChI is InChI=1S/C21H20O/c1-21(2)13-7-12-19(15-21)17-10-6-11-18(14-17)20(22)16-8-4-3-5-9-16/h3-11,13-15H,12H2,1-2H3. The lowest BCUT2D eigenvalue weighted by molar-refractivity contribution is 0.103. The van der Waals surface area contributed by atoms with Crippen LogP contribution >= 0.6 is 0 Å². The largest absolute Gasteiger partial charge is 0.289 e. The first-order chi connectivity index (χ1) is 10.6. The summed E-state index contributed by atoms with van der Waals surface area (Å²) in [4.78, 5) is 12.6. The lowest BCUT2D eigenvalue weighted by Gasteiger charge is -2.22. The lowest BCUT2D eigenvalue weighted by Crippen LogP contribution is -2.08. The number of benzene rings is 2. The molecule has 1 aliphatic rings. The van der Waals surface area contributed by atoms with Crippen LogP contribution in [0.15, 0.2) is 72.8 Å². The van der Waals surface area contributed by atoms with Crippen LogP contribution in [0.3, 0.4) is 0 Å². The van der Waals surface area contributed by atoms with E-state index in [1.54, 1.807) is 0 Å². The molecule has 0 unspecified atom stereocenters. The molecule has 110 valence electrons. The van der Waals surface area contributed by atoms with Crippen molar-refractivity contribution >= 4 is 11.4 Å². The second kappa shape index (κ2) is 5.76. The van der Waals surface area contributed by atoms with Gasteiger partial charge in [0, 0.05) is 16.5 Å². The third kappa shape index (κ3) is 3.09. The molecular formula is C21H20O. The topological polar surface area (TPSA) is 17.1 Å². The maximum absolute atomic E-state index is 12.6. The summed E-state index contributed by atoms with van der Waals surface area (Å²) in [6.07, 6.45) is 7.65. The molecule has 0 saturated heterocycles. The zero-order valence-electron chi connectivity index (χ0n) is 13.0. The molecule has 2 aromatic rings. The molecular weight excluding hydrogens is 268 g/mol. The highest BCUT2D eigenvalue weighted by Crippen LogP contribution is 2.32. The van der Waals surface area contributed by atoms with Crippen molar-refractivity contribution in [1.82, 2.24) is 0 Å². The number of rotatable bonds is 3. The molecule has 3 rings (SSSR count). The molecule has 0 amide bonds. The van der Waals surface area contributed by atoms with E-state index < -0.39 is 0 Å². The van der Waals surface area contributed by atoms with E-state index in [9.17, 15) is 4.79 Å². The molecule has 0 aromatic heterocycles. The smallest absolute Gasteiger partial charge is 0.193 e. The molecule has 0 bridgehead atoms. The van der Waals surface area contributed by atoms with Gasteiger partial charge >= 0.3 is 0 Å². The molecule has 0 N–H and O–H groups in total. The molecule has 0 fully saturated rings. The maximum atomic E-state index is 12.6. The Hall–Kier alpha value is -2.41. The fraction of sp³-hybridized carbons (Fsp3) is 0.190. The van der Waals surface area contributed by atoms with Crippen molar-refractivity contribution in [2.24, 2.45) is 5.41 Å². The summed E-state index contributed by atoms with van der Waals surface area (Å²) >= 11 is 0. The summed E-state index contributed by atoms with van der Waals surface area (Å²) < 4.78 is 0. The van der Waals surface area contributed by atoms with E-state index in [4.69, 9.17) is 0 Å². The van der Waals surface area contributed by atoms with E-state index in [0.29, 0.717) is 0 Å². The van der Waals surface area contributed by atoms with Gasteiger partial charge in [0.1, 0.15) is 0 Å². The maximum Gasteiger partial charge on any atom is 0.193 e. The van der Waals surface area contributed by atoms with Crippen LogP contribution in [0.2, 0.25) is 0 Å². The summed E-state index contributed by atoms with van der Waals surface area (Å²) in [5, 5.41) is 0. The minimum atomic E-state index is 0.0764. The van der Waals surface area contributed by atoms with Crippen molar-refractivity contribution in [1.29, 1.82) is 0 Å². The Morgan fingerprint density at radius 1 is 0.955 bits per heavy atom. The summed E-state index contributed by atoms with van der Waals surface area (Å²) in [5.74, 6) is 0.0775. The number of hydrogen-bond donors (Lipinski definition) is 0. The second-order valence-electron chi connectivity index (χ2n) is 6.37. The summed E-state index contributed by atoms with van der Waals surface area (Å²) in [6.45, 7) is 4.39. The van der Waals surface area contributed by atoms with Crippen LogP contribution in [0.4, 0.5) is 0 Å². The summed E-state index contributed by atoms with van der Waals surface area (Å²) in [6, 6.07) is 17.4. The molecule has 1 aliphatic carbocycles. The quantitative estimate of drug-likeness (QED) is 0.554. The Morgan fingerprint density at radius 2 is 1.68 bits per heavy atom. The summed E-state index contributed by atoms with van der Waals surface area (Å²) in [7, 11) is 0. The Morgan fingerprint density at radius 3 is 2.41 bits per heavy atom. The minimum absolute atomic E-state index is 0.0764. The first-order valence-electron chi connectivity index (χ1n) is 7.65. The van der Waals surface area contributed by atoms with E-state index in [1.807, 2.05) is 48.5 Å². The predicted octanol–water partition coefficient (Wildman–Crippen LogP) is 5.29. The van der Waals surface area contributed by atoms with Gasteiger partial charge in [-0.15, -0.1) is 0 Å². The van der Waals surface area contributed by atoms with Gasteiger partial charge < -0.3 is 0 Å². The average Bonchev–Trinajstić information content (AvgIpc) is 2.54. The lowest BCUT2D eigenvalue weighted by atomic mass is 9.83. The molecule has 0 aliphatic heterocycles. The predicted molar refractivity (Wildman–Crippen MR) is 91.8 cm³/mol. The van der Waals surface area contributed by atoms with E-state index in [2.05, 4.69) is 38.1 Å². The van der Waals surface area contributed by atoms with Crippen LogP contribution in [0.25, 0.3) is 5.57 Å². The highest BCUT2D eigenvalue weighted by atomic mass is 16.1. The van der Waals surface area contributed by atoms with Gasteiger partial charge in [-0.05, 0) is 23.6 Å². The third-order valence-electron chi connectivity index (χ3n) is 3.96.